The lowest BCUT2D eigenvalue weighted by Gasteiger charge is -2.40. The van der Waals surface area contributed by atoms with Gasteiger partial charge in [0.2, 0.25) is 0 Å². The Balaban J connectivity index is 1.27. The van der Waals surface area contributed by atoms with E-state index in [0.717, 1.165) is 72.3 Å². The molecule has 2 aromatic heterocycles. The Morgan fingerprint density at radius 1 is 0.917 bits per heavy atom. The average molecular weight is 485 g/mol. The zero-order valence-corrected chi connectivity index (χ0v) is 20.5. The summed E-state index contributed by atoms with van der Waals surface area (Å²) in [5, 5.41) is 12.7. The number of rotatable bonds is 4. The number of aryl methyl sites for hydroxylation is 1. The fourth-order valence-corrected chi connectivity index (χ4v) is 6.04. The second-order valence-electron chi connectivity index (χ2n) is 10.1. The number of fused-ring (bicyclic) bond motifs is 1. The smallest absolute Gasteiger partial charge is 0.289 e. The summed E-state index contributed by atoms with van der Waals surface area (Å²) in [6, 6.07) is 12.4. The van der Waals surface area contributed by atoms with Crippen LogP contribution in [0.25, 0.3) is 22.5 Å². The van der Waals surface area contributed by atoms with Gasteiger partial charge >= 0.3 is 0 Å². The number of furan rings is 1. The quantitative estimate of drug-likeness (QED) is 0.405. The first-order chi connectivity index (χ1) is 17.7. The highest BCUT2D eigenvalue weighted by atomic mass is 16.4. The van der Waals surface area contributed by atoms with Crippen molar-refractivity contribution in [3.05, 3.63) is 65.7 Å². The molecule has 2 aliphatic heterocycles. The second-order valence-corrected chi connectivity index (χ2v) is 10.1. The van der Waals surface area contributed by atoms with Crippen LogP contribution in [0.3, 0.4) is 0 Å². The van der Waals surface area contributed by atoms with Crippen LogP contribution in [-0.4, -0.2) is 63.8 Å². The maximum absolute atomic E-state index is 13.5. The third-order valence-electron chi connectivity index (χ3n) is 8.02. The maximum Gasteiger partial charge on any atom is 0.289 e. The number of nitrogens with zero attached hydrogens (tertiary/aromatic N) is 4. The van der Waals surface area contributed by atoms with Crippen LogP contribution < -0.4 is 0 Å². The zero-order valence-electron chi connectivity index (χ0n) is 20.5. The van der Waals surface area contributed by atoms with Crippen LogP contribution in [0.5, 0.6) is 0 Å². The van der Waals surface area contributed by atoms with Crippen LogP contribution in [0.4, 0.5) is 0 Å². The first-order valence-electron chi connectivity index (χ1n) is 13.1. The van der Waals surface area contributed by atoms with Gasteiger partial charge in [0.1, 0.15) is 5.76 Å². The summed E-state index contributed by atoms with van der Waals surface area (Å²) in [6.45, 7) is 3.93. The van der Waals surface area contributed by atoms with E-state index in [0.29, 0.717) is 17.6 Å². The Hall–Kier alpha value is -3.45. The van der Waals surface area contributed by atoms with Gasteiger partial charge in [-0.1, -0.05) is 29.8 Å². The summed E-state index contributed by atoms with van der Waals surface area (Å²) < 4.78 is 6.28. The molecule has 3 aliphatic rings. The molecule has 1 N–H and O–H groups in total. The van der Waals surface area contributed by atoms with Crippen molar-refractivity contribution in [2.75, 3.05) is 26.2 Å². The molecule has 2 saturated heterocycles. The van der Waals surface area contributed by atoms with E-state index in [1.54, 1.807) is 12.4 Å². The fraction of sp³-hybridized carbons (Fsp3) is 0.414. The number of oxime groups is 1. The Labute approximate surface area is 211 Å². The van der Waals surface area contributed by atoms with Crippen molar-refractivity contribution in [1.82, 2.24) is 14.8 Å². The Morgan fingerprint density at radius 3 is 2.44 bits per heavy atom. The van der Waals surface area contributed by atoms with E-state index in [1.807, 2.05) is 35.2 Å². The van der Waals surface area contributed by atoms with E-state index in [-0.39, 0.29) is 5.91 Å². The van der Waals surface area contributed by atoms with Crippen molar-refractivity contribution in [3.8, 4) is 22.5 Å². The SMILES string of the molecule is O=C(c1cc(-c2ccc3c(c2)CC/C3=N\O)c(-c2ccncc2)o1)N1CCC(N2CCCCC2)CC1. The zero-order chi connectivity index (χ0) is 24.5. The van der Waals surface area contributed by atoms with Crippen LogP contribution in [0.2, 0.25) is 0 Å². The summed E-state index contributed by atoms with van der Waals surface area (Å²) in [5.41, 5.74) is 5.64. The van der Waals surface area contributed by atoms with Gasteiger partial charge in [-0.25, -0.2) is 0 Å². The standard InChI is InChI=1S/C29H32N4O3/c34-29(33-16-10-23(11-17-33)32-14-2-1-3-15-32)27-19-25(28(36-27)20-8-12-30-13-9-20)22-4-6-24-21(18-22)5-7-26(24)31-35/h4,6,8-9,12-13,18-19,23,35H,1-3,5,7,10-11,14-17H2/b31-26+. The van der Waals surface area contributed by atoms with Gasteiger partial charge in [0.25, 0.3) is 5.91 Å². The molecule has 1 aromatic carbocycles. The van der Waals surface area contributed by atoms with E-state index >= 15 is 0 Å². The highest BCUT2D eigenvalue weighted by Gasteiger charge is 2.30. The van der Waals surface area contributed by atoms with Gasteiger partial charge < -0.3 is 19.4 Å². The van der Waals surface area contributed by atoms with Gasteiger partial charge in [-0.15, -0.1) is 0 Å². The normalized spacial score (nSPS) is 20.1. The number of benzene rings is 1. The van der Waals surface area contributed by atoms with Gasteiger partial charge in [-0.2, -0.15) is 0 Å². The fourth-order valence-electron chi connectivity index (χ4n) is 6.04. The lowest BCUT2D eigenvalue weighted by atomic mass is 9.98. The molecule has 0 atom stereocenters. The molecule has 36 heavy (non-hydrogen) atoms. The Bertz CT molecular complexity index is 1270. The minimum absolute atomic E-state index is 0.0375. The summed E-state index contributed by atoms with van der Waals surface area (Å²) in [7, 11) is 0. The average Bonchev–Trinajstić information content (AvgIpc) is 3.58. The maximum atomic E-state index is 13.5. The first-order valence-corrected chi connectivity index (χ1v) is 13.1. The highest BCUT2D eigenvalue weighted by Crippen LogP contribution is 2.38. The number of piperidine rings is 2. The first kappa shape index (κ1) is 23.0. The van der Waals surface area contributed by atoms with Crippen molar-refractivity contribution in [1.29, 1.82) is 0 Å². The number of hydrogen-bond donors (Lipinski definition) is 1. The van der Waals surface area contributed by atoms with Crippen molar-refractivity contribution < 1.29 is 14.4 Å². The molecule has 186 valence electrons. The van der Waals surface area contributed by atoms with E-state index in [2.05, 4.69) is 21.1 Å². The molecule has 3 aromatic rings. The van der Waals surface area contributed by atoms with Crippen LogP contribution in [0.15, 0.2) is 58.4 Å². The minimum Gasteiger partial charge on any atom is -0.450 e. The van der Waals surface area contributed by atoms with E-state index in [4.69, 9.17) is 4.42 Å². The molecule has 0 unspecified atom stereocenters. The lowest BCUT2D eigenvalue weighted by molar-refractivity contribution is 0.0563. The Kier molecular flexibility index (Phi) is 6.32. The van der Waals surface area contributed by atoms with Crippen LogP contribution in [-0.2, 0) is 6.42 Å². The number of likely N-dealkylation sites (tertiary alicyclic amines) is 2. The van der Waals surface area contributed by atoms with E-state index in [1.165, 1.54) is 32.4 Å². The van der Waals surface area contributed by atoms with E-state index < -0.39 is 0 Å². The predicted molar refractivity (Wildman–Crippen MR) is 138 cm³/mol. The molecule has 0 spiro atoms. The second kappa shape index (κ2) is 9.90. The monoisotopic (exact) mass is 484 g/mol. The molecule has 1 aliphatic carbocycles. The van der Waals surface area contributed by atoms with Gasteiger partial charge in [-0.3, -0.25) is 9.78 Å². The van der Waals surface area contributed by atoms with Gasteiger partial charge in [0, 0.05) is 48.2 Å². The number of amides is 1. The number of hydrogen-bond acceptors (Lipinski definition) is 6. The summed E-state index contributed by atoms with van der Waals surface area (Å²) in [6.07, 6.45) is 11.0. The molecule has 7 nitrogen and oxygen atoms in total. The molecular formula is C29H32N4O3. The largest absolute Gasteiger partial charge is 0.450 e. The van der Waals surface area contributed by atoms with Crippen LogP contribution in [0, 0.1) is 0 Å². The molecule has 6 rings (SSSR count). The van der Waals surface area contributed by atoms with Crippen molar-refractivity contribution in [2.45, 2.75) is 51.0 Å². The van der Waals surface area contributed by atoms with Gasteiger partial charge in [-0.05, 0) is 80.9 Å². The van der Waals surface area contributed by atoms with Crippen molar-refractivity contribution >= 4 is 11.6 Å². The molecule has 7 heteroatoms. The Morgan fingerprint density at radius 2 is 1.69 bits per heavy atom. The van der Waals surface area contributed by atoms with E-state index in [9.17, 15) is 10.0 Å². The molecule has 0 radical (unpaired) electrons. The summed E-state index contributed by atoms with van der Waals surface area (Å²) in [4.78, 5) is 22.3. The summed E-state index contributed by atoms with van der Waals surface area (Å²) >= 11 is 0. The topological polar surface area (TPSA) is 82.2 Å². The number of aromatic nitrogens is 1. The summed E-state index contributed by atoms with van der Waals surface area (Å²) in [5.74, 6) is 1.02. The van der Waals surface area contributed by atoms with Gasteiger partial charge in [0.15, 0.2) is 5.76 Å². The van der Waals surface area contributed by atoms with Crippen molar-refractivity contribution in [2.24, 2.45) is 5.16 Å². The molecule has 4 heterocycles. The van der Waals surface area contributed by atoms with Crippen LogP contribution in [0.1, 0.15) is 60.2 Å². The third kappa shape index (κ3) is 4.32. The third-order valence-corrected chi connectivity index (χ3v) is 8.02. The lowest BCUT2D eigenvalue weighted by Crippen LogP contribution is -2.48. The van der Waals surface area contributed by atoms with Crippen molar-refractivity contribution in [3.63, 3.8) is 0 Å². The molecular weight excluding hydrogens is 452 g/mol. The minimum atomic E-state index is -0.0375. The number of carbonyl (C=O) groups excluding carboxylic acids is 1. The molecule has 1 amide bonds. The number of pyridine rings is 1. The predicted octanol–water partition coefficient (Wildman–Crippen LogP) is 5.22. The molecule has 0 bridgehead atoms. The number of carbonyl (C=O) groups is 1. The molecule has 0 saturated carbocycles. The highest BCUT2D eigenvalue weighted by molar-refractivity contribution is 6.05. The van der Waals surface area contributed by atoms with Gasteiger partial charge in [0.05, 0.1) is 5.71 Å². The molecule has 2 fully saturated rings. The van der Waals surface area contributed by atoms with Crippen LogP contribution >= 0.6 is 0 Å².